The number of nitrogens with one attached hydrogen (secondary N) is 1. The standard InChI is InChI=1S/C22H23F4N3O.C4F6O2/c1-28-6-5-19-16(11-28)15-10-14(9-13-12-30-8-7-29(19)21(13)15)27-18-4-2-3-17(20(18)23)22(24,25)26;5-3(6,7)1(11)2(12)4(8,9)10/h2-4,9-10,16,19,27H,5-8,11-12H2,1H3;/t16-,19-;/m0./s1. The van der Waals surface area contributed by atoms with Gasteiger partial charge in [-0.1, -0.05) is 6.07 Å². The Bertz CT molecular complexity index is 1330. The molecule has 5 rings (SSSR count). The molecule has 0 spiro atoms. The lowest BCUT2D eigenvalue weighted by molar-refractivity contribution is -0.193. The summed E-state index contributed by atoms with van der Waals surface area (Å²) < 4.78 is 127. The van der Waals surface area contributed by atoms with Gasteiger partial charge in [-0.15, -0.1) is 0 Å². The van der Waals surface area contributed by atoms with Crippen LogP contribution in [0.2, 0.25) is 0 Å². The number of hydrogen-bond donors (Lipinski definition) is 1. The van der Waals surface area contributed by atoms with Crippen LogP contribution in [-0.4, -0.2) is 68.1 Å². The van der Waals surface area contributed by atoms with Gasteiger partial charge in [-0.2, -0.15) is 39.5 Å². The summed E-state index contributed by atoms with van der Waals surface area (Å²) in [6.07, 6.45) is -15.2. The number of piperidine rings is 1. The van der Waals surface area contributed by atoms with Crippen molar-refractivity contribution in [3.05, 3.63) is 52.8 Å². The van der Waals surface area contributed by atoms with Crippen LogP contribution in [0.4, 0.5) is 61.0 Å². The minimum Gasteiger partial charge on any atom is -0.375 e. The van der Waals surface area contributed by atoms with Gasteiger partial charge in [-0.25, -0.2) is 4.39 Å². The van der Waals surface area contributed by atoms with Gasteiger partial charge >= 0.3 is 30.1 Å². The molecule has 1 N–H and O–H groups in total. The van der Waals surface area contributed by atoms with Gasteiger partial charge in [0.1, 0.15) is 0 Å². The highest BCUT2D eigenvalue weighted by molar-refractivity contribution is 6.41. The van der Waals surface area contributed by atoms with E-state index in [1.807, 2.05) is 12.1 Å². The number of hydrogen-bond acceptors (Lipinski definition) is 6. The number of alkyl halides is 9. The number of likely N-dealkylation sites (N-methyl/N-ethyl adjacent to an activating group) is 1. The number of nitrogens with zero attached hydrogens (tertiary/aromatic N) is 2. The van der Waals surface area contributed by atoms with E-state index in [4.69, 9.17) is 4.74 Å². The monoisotopic (exact) mass is 615 g/mol. The van der Waals surface area contributed by atoms with Crippen molar-refractivity contribution in [1.82, 2.24) is 4.90 Å². The maximum absolute atomic E-state index is 14.5. The van der Waals surface area contributed by atoms with E-state index in [-0.39, 0.29) is 5.69 Å². The average Bonchev–Trinajstić information content (AvgIpc) is 3.02. The Morgan fingerprint density at radius 3 is 2.19 bits per heavy atom. The summed E-state index contributed by atoms with van der Waals surface area (Å²) in [6, 6.07) is 7.55. The third-order valence-electron chi connectivity index (χ3n) is 7.12. The van der Waals surface area contributed by atoms with Crippen LogP contribution in [0, 0.1) is 5.82 Å². The molecule has 0 radical (unpaired) electrons. The summed E-state index contributed by atoms with van der Waals surface area (Å²) in [5.74, 6) is -7.78. The molecule has 6 nitrogen and oxygen atoms in total. The largest absolute Gasteiger partial charge is 0.458 e. The Morgan fingerprint density at radius 2 is 1.60 bits per heavy atom. The second kappa shape index (κ2) is 11.4. The Morgan fingerprint density at radius 1 is 0.952 bits per heavy atom. The molecule has 0 aromatic heterocycles. The summed E-state index contributed by atoms with van der Waals surface area (Å²) in [5.41, 5.74) is 2.49. The summed E-state index contributed by atoms with van der Waals surface area (Å²) in [5, 5.41) is 2.89. The van der Waals surface area contributed by atoms with Crippen LogP contribution in [0.3, 0.4) is 0 Å². The first-order valence-corrected chi connectivity index (χ1v) is 12.4. The number of Topliss-reactive ketones (excluding diaryl/α,β-unsaturated/α-hetero) is 2. The zero-order chi connectivity index (χ0) is 31.2. The molecular weight excluding hydrogens is 592 g/mol. The van der Waals surface area contributed by atoms with Gasteiger partial charge in [0, 0.05) is 42.0 Å². The van der Waals surface area contributed by atoms with Gasteiger partial charge in [-0.05, 0) is 49.8 Å². The van der Waals surface area contributed by atoms with Gasteiger partial charge in [0.25, 0.3) is 0 Å². The lowest BCUT2D eigenvalue weighted by Crippen LogP contribution is -2.45. The Hall–Kier alpha value is -3.40. The lowest BCUT2D eigenvalue weighted by atomic mass is 9.88. The van der Waals surface area contributed by atoms with Gasteiger partial charge in [0.05, 0.1) is 24.5 Å². The smallest absolute Gasteiger partial charge is 0.375 e. The van der Waals surface area contributed by atoms with E-state index in [2.05, 4.69) is 22.2 Å². The number of rotatable bonds is 3. The third-order valence-corrected chi connectivity index (χ3v) is 7.12. The molecule has 1 saturated heterocycles. The van der Waals surface area contributed by atoms with Crippen molar-refractivity contribution in [2.45, 2.75) is 43.5 Å². The fourth-order valence-corrected chi connectivity index (χ4v) is 5.36. The second-order valence-electron chi connectivity index (χ2n) is 9.99. The van der Waals surface area contributed by atoms with Crippen LogP contribution >= 0.6 is 0 Å². The zero-order valence-corrected chi connectivity index (χ0v) is 21.7. The molecule has 230 valence electrons. The van der Waals surface area contributed by atoms with E-state index in [0.29, 0.717) is 30.9 Å². The van der Waals surface area contributed by atoms with Crippen LogP contribution in [0.1, 0.15) is 29.0 Å². The molecule has 2 aromatic rings. The number of benzene rings is 2. The van der Waals surface area contributed by atoms with E-state index < -0.39 is 41.5 Å². The number of anilines is 3. The number of ketones is 2. The highest BCUT2D eigenvalue weighted by atomic mass is 19.4. The molecule has 2 atom stereocenters. The molecule has 1 fully saturated rings. The fourth-order valence-electron chi connectivity index (χ4n) is 5.36. The first-order chi connectivity index (χ1) is 19.4. The number of carbonyl (C=O) groups is 2. The topological polar surface area (TPSA) is 61.9 Å². The number of fused-ring (bicyclic) bond motifs is 3. The van der Waals surface area contributed by atoms with Crippen LogP contribution in [0.15, 0.2) is 30.3 Å². The molecule has 16 heteroatoms. The number of likely N-dealkylation sites (tertiary alicyclic amines) is 1. The van der Waals surface area contributed by atoms with E-state index in [9.17, 15) is 53.5 Å². The summed E-state index contributed by atoms with van der Waals surface area (Å²) in [4.78, 5) is 24.0. The van der Waals surface area contributed by atoms with Crippen LogP contribution < -0.4 is 10.2 Å². The number of halogens is 10. The molecular formula is C26H23F10N3O3. The van der Waals surface area contributed by atoms with Crippen molar-refractivity contribution in [3.63, 3.8) is 0 Å². The Balaban J connectivity index is 0.000000288. The van der Waals surface area contributed by atoms with E-state index in [1.54, 1.807) is 0 Å². The van der Waals surface area contributed by atoms with Crippen molar-refractivity contribution >= 4 is 28.6 Å². The van der Waals surface area contributed by atoms with Crippen molar-refractivity contribution in [2.75, 3.05) is 43.5 Å². The first-order valence-electron chi connectivity index (χ1n) is 12.4. The van der Waals surface area contributed by atoms with Crippen molar-refractivity contribution in [3.8, 4) is 0 Å². The van der Waals surface area contributed by atoms with Crippen LogP contribution in [0.25, 0.3) is 0 Å². The summed E-state index contributed by atoms with van der Waals surface area (Å²) in [7, 11) is 2.11. The normalized spacial score (nSPS) is 20.6. The molecule has 0 amide bonds. The third kappa shape index (κ3) is 6.48. The van der Waals surface area contributed by atoms with Crippen molar-refractivity contribution in [1.29, 1.82) is 0 Å². The molecule has 3 aliphatic heterocycles. The highest BCUT2D eigenvalue weighted by Crippen LogP contribution is 2.48. The summed E-state index contributed by atoms with van der Waals surface area (Å²) in [6.45, 7) is 3.87. The van der Waals surface area contributed by atoms with E-state index in [0.717, 1.165) is 37.7 Å². The van der Waals surface area contributed by atoms with Gasteiger partial charge in [0.2, 0.25) is 0 Å². The minimum atomic E-state index is -5.77. The molecule has 0 bridgehead atoms. The molecule has 42 heavy (non-hydrogen) atoms. The average molecular weight is 615 g/mol. The zero-order valence-electron chi connectivity index (χ0n) is 21.7. The number of carbonyl (C=O) groups excluding carboxylic acids is 2. The van der Waals surface area contributed by atoms with Gasteiger partial charge in [-0.3, -0.25) is 9.59 Å². The molecule has 0 saturated carbocycles. The maximum atomic E-state index is 14.5. The molecule has 0 unspecified atom stereocenters. The maximum Gasteiger partial charge on any atom is 0.458 e. The Kier molecular flexibility index (Phi) is 8.53. The quantitative estimate of drug-likeness (QED) is 0.339. The SMILES string of the molecule is CN1CC[C@H]2[C@@H](C1)c1cc(Nc3cccc(C(F)(F)F)c3F)cc3c1N2CCOC3.O=C(C(=O)C(F)(F)F)C(F)(F)F. The molecule has 2 aromatic carbocycles. The van der Waals surface area contributed by atoms with Crippen LogP contribution in [-0.2, 0) is 27.1 Å². The Labute approximate surface area is 232 Å². The van der Waals surface area contributed by atoms with Crippen molar-refractivity contribution in [2.24, 2.45) is 0 Å². The molecule has 3 heterocycles. The number of ether oxygens (including phenoxy) is 1. The van der Waals surface area contributed by atoms with E-state index in [1.165, 1.54) is 23.4 Å². The predicted octanol–water partition coefficient (Wildman–Crippen LogP) is 5.98. The fraction of sp³-hybridized carbons (Fsp3) is 0.462. The lowest BCUT2D eigenvalue weighted by Gasteiger charge is -2.37. The highest BCUT2D eigenvalue weighted by Gasteiger charge is 2.54. The summed E-state index contributed by atoms with van der Waals surface area (Å²) >= 11 is 0. The second-order valence-corrected chi connectivity index (χ2v) is 9.99. The van der Waals surface area contributed by atoms with Crippen LogP contribution in [0.5, 0.6) is 0 Å². The predicted molar refractivity (Wildman–Crippen MR) is 129 cm³/mol. The van der Waals surface area contributed by atoms with Crippen molar-refractivity contribution < 1.29 is 58.2 Å². The molecule has 0 aliphatic carbocycles. The minimum absolute atomic E-state index is 0.182. The molecule has 3 aliphatic rings. The van der Waals surface area contributed by atoms with Gasteiger partial charge < -0.3 is 19.9 Å². The first kappa shape index (κ1) is 31.5. The van der Waals surface area contributed by atoms with E-state index >= 15 is 0 Å². The van der Waals surface area contributed by atoms with Gasteiger partial charge in [0.15, 0.2) is 5.82 Å².